The molecule has 0 spiro atoms. The number of nitrogens with one attached hydrogen (secondary N) is 1. The SMILES string of the molecule is O=C(O)c1ccc2nc(-c3ccc4ccccc4n3)[nH]c2c1. The zero-order valence-corrected chi connectivity index (χ0v) is 11.4. The standard InChI is InChI=1S/C17H11N3O2/c21-17(22)11-6-7-13-15(9-11)20-16(19-13)14-8-5-10-3-1-2-4-12(10)18-14/h1-9H,(H,19,20)(H,21,22). The number of aromatic nitrogens is 3. The van der Waals surface area contributed by atoms with Crippen LogP contribution in [-0.2, 0) is 0 Å². The number of nitrogens with zero attached hydrogens (tertiary/aromatic N) is 2. The molecule has 2 aromatic heterocycles. The normalized spacial score (nSPS) is 11.1. The van der Waals surface area contributed by atoms with E-state index in [1.165, 1.54) is 0 Å². The van der Waals surface area contributed by atoms with E-state index in [1.807, 2.05) is 36.4 Å². The number of imidazole rings is 1. The lowest BCUT2D eigenvalue weighted by Gasteiger charge is -1.99. The maximum absolute atomic E-state index is 11.0. The molecule has 5 nitrogen and oxygen atoms in total. The van der Waals surface area contributed by atoms with E-state index in [1.54, 1.807) is 18.2 Å². The number of aromatic carboxylic acids is 1. The van der Waals surface area contributed by atoms with Crippen LogP contribution >= 0.6 is 0 Å². The number of para-hydroxylation sites is 1. The van der Waals surface area contributed by atoms with Crippen LogP contribution in [0.5, 0.6) is 0 Å². The third-order valence-corrected chi connectivity index (χ3v) is 3.57. The number of H-pyrrole nitrogens is 1. The largest absolute Gasteiger partial charge is 0.478 e. The molecule has 0 unspecified atom stereocenters. The molecule has 0 amide bonds. The summed E-state index contributed by atoms with van der Waals surface area (Å²) in [6.07, 6.45) is 0. The Labute approximate surface area is 125 Å². The molecule has 5 heteroatoms. The molecule has 0 saturated heterocycles. The predicted octanol–water partition coefficient (Wildman–Crippen LogP) is 3.48. The van der Waals surface area contributed by atoms with Gasteiger partial charge in [-0.05, 0) is 30.3 Å². The van der Waals surface area contributed by atoms with E-state index >= 15 is 0 Å². The zero-order valence-electron chi connectivity index (χ0n) is 11.4. The van der Waals surface area contributed by atoms with E-state index < -0.39 is 5.97 Å². The number of pyridine rings is 1. The number of rotatable bonds is 2. The van der Waals surface area contributed by atoms with Gasteiger partial charge in [-0.25, -0.2) is 14.8 Å². The molecule has 0 saturated carbocycles. The van der Waals surface area contributed by atoms with Gasteiger partial charge in [-0.1, -0.05) is 24.3 Å². The molecule has 22 heavy (non-hydrogen) atoms. The number of hydrogen-bond acceptors (Lipinski definition) is 3. The van der Waals surface area contributed by atoms with Crippen LogP contribution in [0.3, 0.4) is 0 Å². The third kappa shape index (κ3) is 2.00. The monoisotopic (exact) mass is 289 g/mol. The summed E-state index contributed by atoms with van der Waals surface area (Å²) in [4.78, 5) is 23.2. The Kier molecular flexibility index (Phi) is 2.66. The van der Waals surface area contributed by atoms with Crippen molar-refractivity contribution in [3.63, 3.8) is 0 Å². The number of carboxylic acid groups (broad SMARTS) is 1. The molecule has 4 rings (SSSR count). The van der Waals surface area contributed by atoms with E-state index in [0.717, 1.165) is 22.1 Å². The molecule has 0 aliphatic heterocycles. The highest BCUT2D eigenvalue weighted by atomic mass is 16.4. The van der Waals surface area contributed by atoms with Crippen molar-refractivity contribution < 1.29 is 9.90 Å². The van der Waals surface area contributed by atoms with Crippen LogP contribution in [0.25, 0.3) is 33.5 Å². The van der Waals surface area contributed by atoms with Gasteiger partial charge in [-0.2, -0.15) is 0 Å². The highest BCUT2D eigenvalue weighted by Crippen LogP contribution is 2.22. The van der Waals surface area contributed by atoms with Crippen molar-refractivity contribution in [2.75, 3.05) is 0 Å². The molecule has 2 heterocycles. The zero-order chi connectivity index (χ0) is 15.1. The Hall–Kier alpha value is -3.21. The fourth-order valence-electron chi connectivity index (χ4n) is 2.46. The summed E-state index contributed by atoms with van der Waals surface area (Å²) in [6, 6.07) is 16.6. The quantitative estimate of drug-likeness (QED) is 0.592. The highest BCUT2D eigenvalue weighted by molar-refractivity contribution is 5.93. The summed E-state index contributed by atoms with van der Waals surface area (Å²) in [5.74, 6) is -0.329. The van der Waals surface area contributed by atoms with Crippen LogP contribution < -0.4 is 0 Å². The van der Waals surface area contributed by atoms with Gasteiger partial charge in [0.25, 0.3) is 0 Å². The van der Waals surface area contributed by atoms with Gasteiger partial charge in [-0.3, -0.25) is 0 Å². The number of carboxylic acids is 1. The topological polar surface area (TPSA) is 78.9 Å². The van der Waals surface area contributed by atoms with Crippen LogP contribution in [0.1, 0.15) is 10.4 Å². The molecule has 0 bridgehead atoms. The van der Waals surface area contributed by atoms with Crippen molar-refractivity contribution in [1.29, 1.82) is 0 Å². The van der Waals surface area contributed by atoms with Crippen LogP contribution in [0, 0.1) is 0 Å². The van der Waals surface area contributed by atoms with E-state index in [-0.39, 0.29) is 5.56 Å². The van der Waals surface area contributed by atoms with Crippen molar-refractivity contribution in [1.82, 2.24) is 15.0 Å². The van der Waals surface area contributed by atoms with E-state index in [4.69, 9.17) is 5.11 Å². The van der Waals surface area contributed by atoms with Crippen molar-refractivity contribution in [3.8, 4) is 11.5 Å². The van der Waals surface area contributed by atoms with Gasteiger partial charge in [0.1, 0.15) is 5.69 Å². The van der Waals surface area contributed by atoms with Crippen LogP contribution in [0.15, 0.2) is 54.6 Å². The molecule has 0 atom stereocenters. The van der Waals surface area contributed by atoms with Crippen LogP contribution in [0.4, 0.5) is 0 Å². The highest BCUT2D eigenvalue weighted by Gasteiger charge is 2.10. The molecule has 4 aromatic rings. The lowest BCUT2D eigenvalue weighted by atomic mass is 10.2. The summed E-state index contributed by atoms with van der Waals surface area (Å²) >= 11 is 0. The second-order valence-corrected chi connectivity index (χ2v) is 5.01. The van der Waals surface area contributed by atoms with Crippen molar-refractivity contribution in [2.24, 2.45) is 0 Å². The van der Waals surface area contributed by atoms with E-state index in [9.17, 15) is 4.79 Å². The average Bonchev–Trinajstić information content (AvgIpc) is 2.97. The van der Waals surface area contributed by atoms with Gasteiger partial charge in [0.15, 0.2) is 5.82 Å². The molecule has 0 fully saturated rings. The Bertz CT molecular complexity index is 1020. The first-order valence-electron chi connectivity index (χ1n) is 6.80. The van der Waals surface area contributed by atoms with Gasteiger partial charge in [0, 0.05) is 5.39 Å². The lowest BCUT2D eigenvalue weighted by Crippen LogP contribution is -1.94. The maximum Gasteiger partial charge on any atom is 0.335 e. The number of hydrogen-bond donors (Lipinski definition) is 2. The fraction of sp³-hybridized carbons (Fsp3) is 0. The van der Waals surface area contributed by atoms with Crippen molar-refractivity contribution in [2.45, 2.75) is 0 Å². The molecule has 0 radical (unpaired) electrons. The van der Waals surface area contributed by atoms with Crippen LogP contribution in [-0.4, -0.2) is 26.0 Å². The Balaban J connectivity index is 1.86. The lowest BCUT2D eigenvalue weighted by molar-refractivity contribution is 0.0697. The summed E-state index contributed by atoms with van der Waals surface area (Å²) in [5.41, 5.74) is 3.26. The van der Waals surface area contributed by atoms with E-state index in [0.29, 0.717) is 11.3 Å². The fourth-order valence-corrected chi connectivity index (χ4v) is 2.46. The Morgan fingerprint density at radius 2 is 1.82 bits per heavy atom. The van der Waals surface area contributed by atoms with Gasteiger partial charge in [0.05, 0.1) is 22.1 Å². The number of aromatic amines is 1. The molecule has 2 N–H and O–H groups in total. The second kappa shape index (κ2) is 4.66. The van der Waals surface area contributed by atoms with E-state index in [2.05, 4.69) is 15.0 Å². The molecule has 0 aliphatic rings. The molecular formula is C17H11N3O2. The minimum Gasteiger partial charge on any atom is -0.478 e. The first-order valence-corrected chi connectivity index (χ1v) is 6.80. The minimum absolute atomic E-state index is 0.231. The average molecular weight is 289 g/mol. The molecule has 106 valence electrons. The summed E-state index contributed by atoms with van der Waals surface area (Å²) < 4.78 is 0. The molecular weight excluding hydrogens is 278 g/mol. The number of benzene rings is 2. The number of carbonyl (C=O) groups is 1. The van der Waals surface area contributed by atoms with Crippen molar-refractivity contribution >= 4 is 27.9 Å². The molecule has 0 aliphatic carbocycles. The Morgan fingerprint density at radius 3 is 2.68 bits per heavy atom. The summed E-state index contributed by atoms with van der Waals surface area (Å²) in [5, 5.41) is 10.1. The first kappa shape index (κ1) is 12.5. The minimum atomic E-state index is -0.957. The predicted molar refractivity (Wildman–Crippen MR) is 83.8 cm³/mol. The summed E-state index contributed by atoms with van der Waals surface area (Å²) in [7, 11) is 0. The van der Waals surface area contributed by atoms with Gasteiger partial charge in [-0.15, -0.1) is 0 Å². The smallest absolute Gasteiger partial charge is 0.335 e. The number of fused-ring (bicyclic) bond motifs is 2. The maximum atomic E-state index is 11.0. The van der Waals surface area contributed by atoms with Gasteiger partial charge >= 0.3 is 5.97 Å². The van der Waals surface area contributed by atoms with Gasteiger partial charge in [0.2, 0.25) is 0 Å². The second-order valence-electron chi connectivity index (χ2n) is 5.01. The van der Waals surface area contributed by atoms with Gasteiger partial charge < -0.3 is 10.1 Å². The van der Waals surface area contributed by atoms with Crippen molar-refractivity contribution in [3.05, 3.63) is 60.2 Å². The first-order chi connectivity index (χ1) is 10.7. The third-order valence-electron chi connectivity index (χ3n) is 3.57. The molecule has 2 aromatic carbocycles. The summed E-state index contributed by atoms with van der Waals surface area (Å²) in [6.45, 7) is 0. The van der Waals surface area contributed by atoms with Crippen LogP contribution in [0.2, 0.25) is 0 Å². The Morgan fingerprint density at radius 1 is 0.955 bits per heavy atom.